The molecule has 0 saturated carbocycles. The third kappa shape index (κ3) is 7.68. The number of benzene rings is 7. The monoisotopic (exact) mass is 748 g/mol. The van der Waals surface area contributed by atoms with E-state index in [-0.39, 0.29) is 5.41 Å². The Morgan fingerprint density at radius 3 is 0.983 bits per heavy atom. The molecule has 0 N–H and O–H groups in total. The minimum absolute atomic E-state index is 0.0474. The second kappa shape index (κ2) is 15.6. The van der Waals surface area contributed by atoms with Crippen LogP contribution >= 0.6 is 0 Å². The molecule has 0 aliphatic carbocycles. The molecular weight excluding hydrogens is 709 g/mol. The average Bonchev–Trinajstić information content (AvgIpc) is 3.29. The van der Waals surface area contributed by atoms with Gasteiger partial charge in [-0.1, -0.05) is 203 Å². The summed E-state index contributed by atoms with van der Waals surface area (Å²) in [7, 11) is 0. The Hall–Kier alpha value is -7.44. The first kappa shape index (κ1) is 36.2. The van der Waals surface area contributed by atoms with Gasteiger partial charge in [0.05, 0.1) is 0 Å². The zero-order valence-electron chi connectivity index (χ0n) is 32.6. The van der Waals surface area contributed by atoms with Crippen LogP contribution in [0.5, 0.6) is 0 Å². The summed E-state index contributed by atoms with van der Waals surface area (Å²) in [6.45, 7) is 6.75. The number of hydrogen-bond acceptors (Lipinski definition) is 6. The van der Waals surface area contributed by atoms with E-state index in [1.165, 1.54) is 5.56 Å². The first-order valence-electron chi connectivity index (χ1n) is 19.5. The third-order valence-corrected chi connectivity index (χ3v) is 10.2. The van der Waals surface area contributed by atoms with Crippen LogP contribution in [0.4, 0.5) is 0 Å². The maximum Gasteiger partial charge on any atom is 0.164 e. The van der Waals surface area contributed by atoms with Crippen LogP contribution in [0.1, 0.15) is 26.3 Å². The van der Waals surface area contributed by atoms with Crippen LogP contribution in [0, 0.1) is 0 Å². The van der Waals surface area contributed by atoms with Crippen LogP contribution in [0.25, 0.3) is 90.6 Å². The summed E-state index contributed by atoms with van der Waals surface area (Å²) in [4.78, 5) is 29.7. The van der Waals surface area contributed by atoms with Crippen LogP contribution < -0.4 is 0 Å². The van der Waals surface area contributed by atoms with Gasteiger partial charge < -0.3 is 0 Å². The molecule has 0 unspecified atom stereocenters. The largest absolute Gasteiger partial charge is 0.208 e. The summed E-state index contributed by atoms with van der Waals surface area (Å²) in [6.07, 6.45) is 0. The highest BCUT2D eigenvalue weighted by Gasteiger charge is 2.19. The number of nitrogens with zero attached hydrogens (tertiary/aromatic N) is 6. The maximum absolute atomic E-state index is 5.01. The Bertz CT molecular complexity index is 2720. The quantitative estimate of drug-likeness (QED) is 0.154. The number of rotatable bonds is 8. The van der Waals surface area contributed by atoms with Gasteiger partial charge in [-0.2, -0.15) is 0 Å². The molecule has 0 radical (unpaired) electrons. The highest BCUT2D eigenvalue weighted by molar-refractivity contribution is 5.86. The standard InChI is InChI=1S/C52H40N6/c1-52(2,3)43-31-32-44(41-25-16-26-42(33-41)51-57-48(38-21-12-6-13-22-38)54-49(58-51)39-23-14-7-15-24-39)45(34-43)35-27-29-40(30-28-35)50-55-46(36-17-8-4-9-18-36)53-47(56-50)37-19-10-5-11-20-37/h4-34H,1-3H3. The lowest BCUT2D eigenvalue weighted by Crippen LogP contribution is -2.11. The first-order valence-corrected chi connectivity index (χ1v) is 19.5. The molecule has 278 valence electrons. The smallest absolute Gasteiger partial charge is 0.164 e. The summed E-state index contributed by atoms with van der Waals surface area (Å²) in [5.74, 6) is 3.79. The highest BCUT2D eigenvalue weighted by atomic mass is 15.0. The second-order valence-corrected chi connectivity index (χ2v) is 15.2. The lowest BCUT2D eigenvalue weighted by molar-refractivity contribution is 0.590. The van der Waals surface area contributed by atoms with E-state index in [9.17, 15) is 0 Å². The molecule has 0 fully saturated rings. The van der Waals surface area contributed by atoms with E-state index < -0.39 is 0 Å². The third-order valence-electron chi connectivity index (χ3n) is 10.2. The fourth-order valence-corrected chi connectivity index (χ4v) is 7.00. The lowest BCUT2D eigenvalue weighted by atomic mass is 9.83. The van der Waals surface area contributed by atoms with Crippen molar-refractivity contribution in [1.29, 1.82) is 0 Å². The molecule has 0 aliphatic heterocycles. The van der Waals surface area contributed by atoms with Gasteiger partial charge in [0.25, 0.3) is 0 Å². The van der Waals surface area contributed by atoms with Crippen LogP contribution in [0.15, 0.2) is 188 Å². The average molecular weight is 749 g/mol. The van der Waals surface area contributed by atoms with Crippen molar-refractivity contribution >= 4 is 0 Å². The van der Waals surface area contributed by atoms with E-state index in [1.54, 1.807) is 0 Å². The zero-order valence-corrected chi connectivity index (χ0v) is 32.6. The summed E-state index contributed by atoms with van der Waals surface area (Å²) in [5, 5.41) is 0. The van der Waals surface area contributed by atoms with Gasteiger partial charge in [-0.05, 0) is 39.3 Å². The molecule has 9 rings (SSSR count). The highest BCUT2D eigenvalue weighted by Crippen LogP contribution is 2.38. The Balaban J connectivity index is 1.13. The molecule has 9 aromatic rings. The molecule has 0 bridgehead atoms. The molecule has 6 nitrogen and oxygen atoms in total. The molecule has 6 heteroatoms. The van der Waals surface area contributed by atoms with E-state index in [1.807, 2.05) is 121 Å². The minimum atomic E-state index is -0.0474. The van der Waals surface area contributed by atoms with E-state index in [4.69, 9.17) is 29.9 Å². The van der Waals surface area contributed by atoms with Crippen molar-refractivity contribution in [2.75, 3.05) is 0 Å². The predicted molar refractivity (Wildman–Crippen MR) is 235 cm³/mol. The molecule has 2 aromatic heterocycles. The van der Waals surface area contributed by atoms with Gasteiger partial charge in [0, 0.05) is 33.4 Å². The van der Waals surface area contributed by atoms with E-state index >= 15 is 0 Å². The van der Waals surface area contributed by atoms with Crippen LogP contribution in [0.2, 0.25) is 0 Å². The van der Waals surface area contributed by atoms with Crippen LogP contribution in [0.3, 0.4) is 0 Å². The van der Waals surface area contributed by atoms with E-state index in [0.717, 1.165) is 55.6 Å². The van der Waals surface area contributed by atoms with Gasteiger partial charge in [0.2, 0.25) is 0 Å². The van der Waals surface area contributed by atoms with Crippen molar-refractivity contribution < 1.29 is 0 Å². The fourth-order valence-electron chi connectivity index (χ4n) is 7.00. The SMILES string of the molecule is CC(C)(C)c1ccc(-c2cccc(-c3nc(-c4ccccc4)nc(-c4ccccc4)n3)c2)c(-c2ccc(-c3nc(-c4ccccc4)nc(-c4ccccc4)n3)cc2)c1. The number of aromatic nitrogens is 6. The normalized spacial score (nSPS) is 11.4. The summed E-state index contributed by atoms with van der Waals surface area (Å²) in [6, 6.07) is 64.1. The van der Waals surface area contributed by atoms with Crippen molar-refractivity contribution in [3.8, 4) is 90.6 Å². The summed E-state index contributed by atoms with van der Waals surface area (Å²) >= 11 is 0. The Labute approximate surface area is 339 Å². The molecule has 2 heterocycles. The fraction of sp³-hybridized carbons (Fsp3) is 0.0769. The molecule has 0 saturated heterocycles. The first-order chi connectivity index (χ1) is 28.4. The molecule has 0 atom stereocenters. The second-order valence-electron chi connectivity index (χ2n) is 15.2. The predicted octanol–water partition coefficient (Wildman–Crippen LogP) is 12.7. The molecule has 58 heavy (non-hydrogen) atoms. The van der Waals surface area contributed by atoms with Crippen molar-refractivity contribution in [3.05, 3.63) is 194 Å². The Kier molecular flexibility index (Phi) is 9.74. The Morgan fingerprint density at radius 1 is 0.259 bits per heavy atom. The molecular formula is C52H40N6. The molecule has 0 spiro atoms. The zero-order chi connectivity index (χ0) is 39.5. The van der Waals surface area contributed by atoms with Gasteiger partial charge in [-0.3, -0.25) is 0 Å². The van der Waals surface area contributed by atoms with Crippen molar-refractivity contribution in [2.24, 2.45) is 0 Å². The van der Waals surface area contributed by atoms with Gasteiger partial charge in [0.1, 0.15) is 0 Å². The van der Waals surface area contributed by atoms with Gasteiger partial charge in [-0.25, -0.2) is 29.9 Å². The summed E-state index contributed by atoms with van der Waals surface area (Å²) < 4.78 is 0. The maximum atomic E-state index is 5.01. The van der Waals surface area contributed by atoms with Gasteiger partial charge in [-0.15, -0.1) is 0 Å². The van der Waals surface area contributed by atoms with Crippen LogP contribution in [-0.2, 0) is 5.41 Å². The number of hydrogen-bond donors (Lipinski definition) is 0. The van der Waals surface area contributed by atoms with Crippen molar-refractivity contribution in [1.82, 2.24) is 29.9 Å². The van der Waals surface area contributed by atoms with Gasteiger partial charge in [0.15, 0.2) is 34.9 Å². The van der Waals surface area contributed by atoms with Crippen LogP contribution in [-0.4, -0.2) is 29.9 Å². The minimum Gasteiger partial charge on any atom is -0.208 e. The van der Waals surface area contributed by atoms with E-state index in [0.29, 0.717) is 34.9 Å². The molecule has 7 aromatic carbocycles. The topological polar surface area (TPSA) is 77.3 Å². The van der Waals surface area contributed by atoms with Gasteiger partial charge >= 0.3 is 0 Å². The van der Waals surface area contributed by atoms with Crippen molar-refractivity contribution in [2.45, 2.75) is 26.2 Å². The Morgan fingerprint density at radius 2 is 0.586 bits per heavy atom. The molecule has 0 aliphatic rings. The lowest BCUT2D eigenvalue weighted by Gasteiger charge is -2.22. The van der Waals surface area contributed by atoms with E-state index in [2.05, 4.69) is 87.5 Å². The summed E-state index contributed by atoms with van der Waals surface area (Å²) in [5.41, 5.74) is 11.2. The molecule has 0 amide bonds. The van der Waals surface area contributed by atoms with Crippen molar-refractivity contribution in [3.63, 3.8) is 0 Å².